The van der Waals surface area contributed by atoms with Crippen molar-refractivity contribution in [2.45, 2.75) is 66.3 Å². The largest absolute Gasteiger partial charge is 0.493 e. The number of hydrogen-bond acceptors (Lipinski definition) is 8. The molecule has 0 spiro atoms. The van der Waals surface area contributed by atoms with E-state index in [2.05, 4.69) is 31.0 Å². The fourth-order valence-corrected chi connectivity index (χ4v) is 5.55. The summed E-state index contributed by atoms with van der Waals surface area (Å²) >= 11 is 0. The van der Waals surface area contributed by atoms with E-state index in [1.807, 2.05) is 26.0 Å². The molecule has 10 nitrogen and oxygen atoms in total. The van der Waals surface area contributed by atoms with Crippen LogP contribution in [0.1, 0.15) is 91.8 Å². The zero-order valence-corrected chi connectivity index (χ0v) is 26.2. The zero-order valence-electron chi connectivity index (χ0n) is 26.2. The quantitative estimate of drug-likeness (QED) is 0.269. The summed E-state index contributed by atoms with van der Waals surface area (Å²) in [5.41, 5.74) is 3.61. The maximum atomic E-state index is 13.9. The standard InChI is InChI=1S/C33H44N4O6/c1-7-35-32(40)24-17-23-22(16-28(24)41-8-2)18-37(31(23)34)19-27(38)21-14-25(33(4,5)6)30(43-20-29(39)42-9-3)26(15-21)36-12-10-11-13-36/h14-17,34H,7-13,18-20H2,1-6H3,(H,35,40). The van der Waals surface area contributed by atoms with Gasteiger partial charge in [-0.05, 0) is 68.9 Å². The predicted octanol–water partition coefficient (Wildman–Crippen LogP) is 4.70. The molecule has 43 heavy (non-hydrogen) atoms. The molecule has 0 atom stereocenters. The lowest BCUT2D eigenvalue weighted by atomic mass is 9.84. The van der Waals surface area contributed by atoms with Gasteiger partial charge in [0.25, 0.3) is 5.91 Å². The Bertz CT molecular complexity index is 1390. The molecule has 1 saturated heterocycles. The van der Waals surface area contributed by atoms with E-state index in [1.165, 1.54) is 0 Å². The Hall–Kier alpha value is -4.08. The molecule has 2 N–H and O–H groups in total. The number of rotatable bonds is 12. The van der Waals surface area contributed by atoms with Gasteiger partial charge in [0.05, 0.1) is 31.0 Å². The van der Waals surface area contributed by atoms with Gasteiger partial charge in [0, 0.05) is 42.9 Å². The lowest BCUT2D eigenvalue weighted by Crippen LogP contribution is -2.31. The van der Waals surface area contributed by atoms with Crippen LogP contribution in [0.25, 0.3) is 0 Å². The fourth-order valence-electron chi connectivity index (χ4n) is 5.55. The Balaban J connectivity index is 1.65. The topological polar surface area (TPSA) is 121 Å². The molecule has 2 aromatic rings. The summed E-state index contributed by atoms with van der Waals surface area (Å²) in [5.74, 6) is 0.435. The summed E-state index contributed by atoms with van der Waals surface area (Å²) in [4.78, 5) is 42.7. The summed E-state index contributed by atoms with van der Waals surface area (Å²) in [7, 11) is 0. The van der Waals surface area contributed by atoms with Gasteiger partial charge in [0.15, 0.2) is 12.4 Å². The van der Waals surface area contributed by atoms with Gasteiger partial charge in [-0.25, -0.2) is 4.79 Å². The van der Waals surface area contributed by atoms with Gasteiger partial charge in [0.2, 0.25) is 0 Å². The molecule has 0 radical (unpaired) electrons. The molecule has 0 aliphatic carbocycles. The van der Waals surface area contributed by atoms with Crippen molar-refractivity contribution in [3.05, 3.63) is 52.1 Å². The van der Waals surface area contributed by atoms with Crippen LogP contribution in [-0.2, 0) is 21.5 Å². The number of carbonyl (C=O) groups excluding carboxylic acids is 3. The summed E-state index contributed by atoms with van der Waals surface area (Å²) in [5, 5.41) is 11.7. The molecule has 2 aliphatic heterocycles. The lowest BCUT2D eigenvalue weighted by Gasteiger charge is -2.29. The first-order valence-electron chi connectivity index (χ1n) is 15.1. The molecule has 232 valence electrons. The number of amidine groups is 1. The number of Topliss-reactive ketones (excluding diaryl/α,β-unsaturated/α-hetero) is 1. The number of anilines is 1. The van der Waals surface area contributed by atoms with Crippen molar-refractivity contribution in [3.8, 4) is 11.5 Å². The molecule has 2 heterocycles. The summed E-state index contributed by atoms with van der Waals surface area (Å²) in [6, 6.07) is 7.21. The highest BCUT2D eigenvalue weighted by molar-refractivity contribution is 6.08. The molecule has 4 rings (SSSR count). The van der Waals surface area contributed by atoms with E-state index in [-0.39, 0.29) is 42.7 Å². The number of esters is 1. The molecule has 1 amide bonds. The van der Waals surface area contributed by atoms with E-state index in [1.54, 1.807) is 24.0 Å². The van der Waals surface area contributed by atoms with Gasteiger partial charge in [-0.3, -0.25) is 15.0 Å². The van der Waals surface area contributed by atoms with Gasteiger partial charge in [-0.2, -0.15) is 0 Å². The number of ether oxygens (including phenoxy) is 3. The molecule has 2 aliphatic rings. The number of nitrogens with one attached hydrogen (secondary N) is 2. The molecular formula is C33H44N4O6. The second kappa shape index (κ2) is 13.5. The van der Waals surface area contributed by atoms with Crippen LogP contribution in [-0.4, -0.2) is 74.4 Å². The van der Waals surface area contributed by atoms with E-state index in [4.69, 9.17) is 19.6 Å². The van der Waals surface area contributed by atoms with Crippen LogP contribution >= 0.6 is 0 Å². The average Bonchev–Trinajstić information content (AvgIpc) is 3.59. The maximum Gasteiger partial charge on any atom is 0.344 e. The van der Waals surface area contributed by atoms with Crippen molar-refractivity contribution in [3.63, 3.8) is 0 Å². The molecule has 0 bridgehead atoms. The lowest BCUT2D eigenvalue weighted by molar-refractivity contribution is -0.145. The van der Waals surface area contributed by atoms with E-state index in [0.717, 1.165) is 42.7 Å². The molecule has 1 fully saturated rings. The van der Waals surface area contributed by atoms with Gasteiger partial charge in [0.1, 0.15) is 17.3 Å². The first kappa shape index (κ1) is 31.8. The summed E-state index contributed by atoms with van der Waals surface area (Å²) in [6.45, 7) is 14.6. The summed E-state index contributed by atoms with van der Waals surface area (Å²) < 4.78 is 17.0. The van der Waals surface area contributed by atoms with Crippen molar-refractivity contribution in [2.24, 2.45) is 0 Å². The van der Waals surface area contributed by atoms with Crippen molar-refractivity contribution >= 4 is 29.2 Å². The van der Waals surface area contributed by atoms with Gasteiger partial charge in [-0.15, -0.1) is 0 Å². The number of ketones is 1. The molecule has 2 aromatic carbocycles. The third-order valence-corrected chi connectivity index (χ3v) is 7.64. The predicted molar refractivity (Wildman–Crippen MR) is 166 cm³/mol. The van der Waals surface area contributed by atoms with Crippen molar-refractivity contribution in [1.29, 1.82) is 5.41 Å². The van der Waals surface area contributed by atoms with Crippen LogP contribution < -0.4 is 19.7 Å². The molecule has 0 saturated carbocycles. The third kappa shape index (κ3) is 7.12. The number of hydrogen-bond donors (Lipinski definition) is 2. The Kier molecular flexibility index (Phi) is 9.98. The Morgan fingerprint density at radius 1 is 0.977 bits per heavy atom. The Labute approximate surface area is 254 Å². The highest BCUT2D eigenvalue weighted by Crippen LogP contribution is 2.42. The van der Waals surface area contributed by atoms with Gasteiger partial charge in [-0.1, -0.05) is 20.8 Å². The van der Waals surface area contributed by atoms with Crippen LogP contribution in [0.5, 0.6) is 11.5 Å². The minimum Gasteiger partial charge on any atom is -0.493 e. The average molecular weight is 593 g/mol. The monoisotopic (exact) mass is 592 g/mol. The number of carbonyl (C=O) groups is 3. The SMILES string of the molecule is CCNC(=O)c1cc2c(cc1OCC)CN(CC(=O)c1cc(N3CCCC3)c(OCC(=O)OCC)c(C(C)(C)C)c1)C2=N. The number of benzene rings is 2. The first-order valence-corrected chi connectivity index (χ1v) is 15.1. The highest BCUT2D eigenvalue weighted by atomic mass is 16.6. The van der Waals surface area contributed by atoms with Crippen LogP contribution in [0, 0.1) is 5.41 Å². The smallest absolute Gasteiger partial charge is 0.344 e. The number of fused-ring (bicyclic) bond motifs is 1. The molecule has 0 aromatic heterocycles. The first-order chi connectivity index (χ1) is 20.5. The van der Waals surface area contributed by atoms with E-state index in [0.29, 0.717) is 47.9 Å². The third-order valence-electron chi connectivity index (χ3n) is 7.64. The van der Waals surface area contributed by atoms with Crippen LogP contribution in [0.2, 0.25) is 0 Å². The molecule has 10 heteroatoms. The van der Waals surface area contributed by atoms with Crippen LogP contribution in [0.3, 0.4) is 0 Å². The van der Waals surface area contributed by atoms with Gasteiger partial charge >= 0.3 is 5.97 Å². The van der Waals surface area contributed by atoms with Crippen LogP contribution in [0.15, 0.2) is 24.3 Å². The molecule has 0 unspecified atom stereocenters. The molecular weight excluding hydrogens is 548 g/mol. The zero-order chi connectivity index (χ0) is 31.3. The van der Waals surface area contributed by atoms with Crippen molar-refractivity contribution < 1.29 is 28.6 Å². The highest BCUT2D eigenvalue weighted by Gasteiger charge is 2.32. The number of amides is 1. The van der Waals surface area contributed by atoms with Crippen molar-refractivity contribution in [2.75, 3.05) is 50.9 Å². The van der Waals surface area contributed by atoms with Gasteiger partial charge < -0.3 is 29.3 Å². The van der Waals surface area contributed by atoms with E-state index < -0.39 is 5.97 Å². The number of nitrogens with zero attached hydrogens (tertiary/aromatic N) is 2. The van der Waals surface area contributed by atoms with E-state index in [9.17, 15) is 14.4 Å². The van der Waals surface area contributed by atoms with Crippen molar-refractivity contribution in [1.82, 2.24) is 10.2 Å². The normalized spacial score (nSPS) is 14.5. The Morgan fingerprint density at radius 3 is 2.33 bits per heavy atom. The fraction of sp³-hybridized carbons (Fsp3) is 0.515. The van der Waals surface area contributed by atoms with E-state index >= 15 is 0 Å². The maximum absolute atomic E-state index is 13.9. The Morgan fingerprint density at radius 2 is 1.70 bits per heavy atom. The minimum atomic E-state index is -0.440. The minimum absolute atomic E-state index is 0.0000238. The second-order valence-corrected chi connectivity index (χ2v) is 11.8. The summed E-state index contributed by atoms with van der Waals surface area (Å²) in [6.07, 6.45) is 2.07. The van der Waals surface area contributed by atoms with Crippen LogP contribution in [0.4, 0.5) is 5.69 Å². The second-order valence-electron chi connectivity index (χ2n) is 11.8.